The van der Waals surface area contributed by atoms with Crippen LogP contribution in [-0.4, -0.2) is 34.6 Å². The van der Waals surface area contributed by atoms with E-state index in [0.717, 1.165) is 25.0 Å². The lowest BCUT2D eigenvalue weighted by Crippen LogP contribution is -2.47. The standard InChI is InChI=1S/C17H29N3O3S/c1-16(2,3)13-10-14(20(6)19-13)18-15(21)17(4,5)24(22,23)11-12-8-7-9-12/h10,12H,7-9,11H2,1-6H3,(H,18,21). The van der Waals surface area contributed by atoms with Crippen LogP contribution < -0.4 is 5.32 Å². The largest absolute Gasteiger partial charge is 0.310 e. The summed E-state index contributed by atoms with van der Waals surface area (Å²) in [5.41, 5.74) is 0.697. The molecule has 1 N–H and O–H groups in total. The lowest BCUT2D eigenvalue weighted by atomic mass is 9.87. The minimum atomic E-state index is -3.52. The van der Waals surface area contributed by atoms with E-state index in [4.69, 9.17) is 0 Å². The fraction of sp³-hybridized carbons (Fsp3) is 0.765. The van der Waals surface area contributed by atoms with Crippen LogP contribution in [0.5, 0.6) is 0 Å². The van der Waals surface area contributed by atoms with Gasteiger partial charge in [-0.25, -0.2) is 8.42 Å². The first-order valence-corrected chi connectivity index (χ1v) is 10.1. The van der Waals surface area contributed by atoms with Gasteiger partial charge in [-0.3, -0.25) is 9.48 Å². The summed E-state index contributed by atoms with van der Waals surface area (Å²) in [6.07, 6.45) is 2.96. The van der Waals surface area contributed by atoms with Crippen molar-refractivity contribution in [1.29, 1.82) is 0 Å². The molecule has 1 fully saturated rings. The predicted octanol–water partition coefficient (Wildman–Crippen LogP) is 2.65. The second-order valence-corrected chi connectivity index (χ2v) is 10.9. The Kier molecular flexibility index (Phi) is 4.87. The number of amides is 1. The quantitative estimate of drug-likeness (QED) is 0.880. The Morgan fingerprint density at radius 1 is 1.29 bits per heavy atom. The molecule has 0 bridgehead atoms. The molecule has 24 heavy (non-hydrogen) atoms. The molecule has 1 aromatic heterocycles. The van der Waals surface area contributed by atoms with Gasteiger partial charge in [-0.15, -0.1) is 0 Å². The van der Waals surface area contributed by atoms with Gasteiger partial charge in [0.25, 0.3) is 0 Å². The fourth-order valence-electron chi connectivity index (χ4n) is 2.54. The van der Waals surface area contributed by atoms with Gasteiger partial charge < -0.3 is 5.32 Å². The second kappa shape index (κ2) is 6.17. The van der Waals surface area contributed by atoms with Crippen LogP contribution in [0.25, 0.3) is 0 Å². The average molecular weight is 356 g/mol. The summed E-state index contributed by atoms with van der Waals surface area (Å²) in [5, 5.41) is 7.14. The fourth-order valence-corrected chi connectivity index (χ4v) is 4.24. The van der Waals surface area contributed by atoms with Crippen molar-refractivity contribution in [2.75, 3.05) is 11.1 Å². The number of aryl methyl sites for hydroxylation is 1. The molecule has 0 radical (unpaired) electrons. The van der Waals surface area contributed by atoms with Crippen LogP contribution in [0.3, 0.4) is 0 Å². The molecular formula is C17H29N3O3S. The van der Waals surface area contributed by atoms with Gasteiger partial charge in [-0.05, 0) is 32.6 Å². The van der Waals surface area contributed by atoms with E-state index >= 15 is 0 Å². The van der Waals surface area contributed by atoms with Gasteiger partial charge in [0, 0.05) is 18.5 Å². The van der Waals surface area contributed by atoms with Gasteiger partial charge in [0.1, 0.15) is 10.6 Å². The monoisotopic (exact) mass is 355 g/mol. The molecule has 0 atom stereocenters. The van der Waals surface area contributed by atoms with E-state index < -0.39 is 20.5 Å². The van der Waals surface area contributed by atoms with Crippen LogP contribution in [0.15, 0.2) is 6.07 Å². The summed E-state index contributed by atoms with van der Waals surface area (Å²) in [4.78, 5) is 12.6. The van der Waals surface area contributed by atoms with E-state index in [0.29, 0.717) is 5.82 Å². The Bertz CT molecular complexity index is 723. The van der Waals surface area contributed by atoms with Crippen molar-refractivity contribution in [3.63, 3.8) is 0 Å². The van der Waals surface area contributed by atoms with Gasteiger partial charge in [-0.2, -0.15) is 5.10 Å². The zero-order valence-electron chi connectivity index (χ0n) is 15.5. The Balaban J connectivity index is 2.17. The molecular weight excluding hydrogens is 326 g/mol. The summed E-state index contributed by atoms with van der Waals surface area (Å²) in [7, 11) is -1.78. The van der Waals surface area contributed by atoms with Gasteiger partial charge in [0.15, 0.2) is 9.84 Å². The molecule has 7 heteroatoms. The number of nitrogens with zero attached hydrogens (tertiary/aromatic N) is 2. The first kappa shape index (κ1) is 19.0. The van der Waals surface area contributed by atoms with E-state index in [9.17, 15) is 13.2 Å². The highest BCUT2D eigenvalue weighted by molar-refractivity contribution is 7.93. The molecule has 2 rings (SSSR count). The molecule has 0 saturated heterocycles. The molecule has 136 valence electrons. The third-order valence-electron chi connectivity index (χ3n) is 4.89. The Hall–Kier alpha value is -1.37. The van der Waals surface area contributed by atoms with Gasteiger partial charge in [-0.1, -0.05) is 27.2 Å². The van der Waals surface area contributed by atoms with Crippen molar-refractivity contribution < 1.29 is 13.2 Å². The number of aromatic nitrogens is 2. The molecule has 0 aromatic carbocycles. The zero-order valence-corrected chi connectivity index (χ0v) is 16.3. The SMILES string of the molecule is Cn1nc(C(C)(C)C)cc1NC(=O)C(C)(C)S(=O)(=O)CC1CCC1. The third-order valence-corrected chi connectivity index (χ3v) is 7.54. The lowest BCUT2D eigenvalue weighted by Gasteiger charge is -2.30. The molecule has 0 spiro atoms. The van der Waals surface area contributed by atoms with Crippen molar-refractivity contribution >= 4 is 21.6 Å². The molecule has 0 unspecified atom stereocenters. The second-order valence-electron chi connectivity index (χ2n) is 8.33. The number of nitrogens with one attached hydrogen (secondary N) is 1. The minimum absolute atomic E-state index is 0.0893. The van der Waals surface area contributed by atoms with E-state index in [-0.39, 0.29) is 17.1 Å². The van der Waals surface area contributed by atoms with Crippen molar-refractivity contribution in [2.45, 2.75) is 64.0 Å². The smallest absolute Gasteiger partial charge is 0.246 e. The van der Waals surface area contributed by atoms with Crippen molar-refractivity contribution in [3.8, 4) is 0 Å². The van der Waals surface area contributed by atoms with Gasteiger partial charge in [0.05, 0.1) is 11.4 Å². The molecule has 6 nitrogen and oxygen atoms in total. The highest BCUT2D eigenvalue weighted by Crippen LogP contribution is 2.32. The summed E-state index contributed by atoms with van der Waals surface area (Å²) in [5.74, 6) is 0.292. The van der Waals surface area contributed by atoms with E-state index in [1.165, 1.54) is 13.8 Å². The van der Waals surface area contributed by atoms with Crippen LogP contribution in [0, 0.1) is 5.92 Å². The maximum absolute atomic E-state index is 12.7. The molecule has 1 aliphatic carbocycles. The molecule has 1 saturated carbocycles. The molecule has 1 amide bonds. The summed E-state index contributed by atoms with van der Waals surface area (Å²) >= 11 is 0. The normalized spacial score (nSPS) is 16.8. The maximum atomic E-state index is 12.7. The maximum Gasteiger partial charge on any atom is 0.246 e. The highest BCUT2D eigenvalue weighted by atomic mass is 32.2. The first-order valence-electron chi connectivity index (χ1n) is 8.43. The minimum Gasteiger partial charge on any atom is -0.310 e. The summed E-state index contributed by atoms with van der Waals surface area (Å²) in [6.45, 7) is 9.07. The Morgan fingerprint density at radius 2 is 1.88 bits per heavy atom. The van der Waals surface area contributed by atoms with Gasteiger partial charge >= 0.3 is 0 Å². The highest BCUT2D eigenvalue weighted by Gasteiger charge is 2.43. The number of hydrogen-bond acceptors (Lipinski definition) is 4. The van der Waals surface area contributed by atoms with Gasteiger partial charge in [0.2, 0.25) is 5.91 Å². The van der Waals surface area contributed by atoms with E-state index in [2.05, 4.69) is 10.4 Å². The Morgan fingerprint density at radius 3 is 2.29 bits per heavy atom. The number of hydrogen-bond donors (Lipinski definition) is 1. The number of sulfone groups is 1. The zero-order chi connectivity index (χ0) is 18.3. The summed E-state index contributed by atoms with van der Waals surface area (Å²) < 4.78 is 25.4. The lowest BCUT2D eigenvalue weighted by molar-refractivity contribution is -0.117. The van der Waals surface area contributed by atoms with Crippen LogP contribution >= 0.6 is 0 Å². The van der Waals surface area contributed by atoms with E-state index in [1.807, 2.05) is 20.8 Å². The number of anilines is 1. The molecule has 1 aromatic rings. The number of rotatable bonds is 5. The Labute approximate surface area is 144 Å². The predicted molar refractivity (Wildman–Crippen MR) is 95.7 cm³/mol. The molecule has 1 heterocycles. The average Bonchev–Trinajstić information content (AvgIpc) is 2.75. The van der Waals surface area contributed by atoms with Crippen molar-refractivity contribution in [1.82, 2.24) is 9.78 Å². The number of carbonyl (C=O) groups excluding carboxylic acids is 1. The third kappa shape index (κ3) is 3.66. The molecule has 1 aliphatic rings. The first-order chi connectivity index (χ1) is 10.8. The van der Waals surface area contributed by atoms with Crippen LogP contribution in [-0.2, 0) is 27.1 Å². The van der Waals surface area contributed by atoms with Crippen LogP contribution in [0.4, 0.5) is 5.82 Å². The number of carbonyl (C=O) groups is 1. The van der Waals surface area contributed by atoms with Crippen LogP contribution in [0.2, 0.25) is 0 Å². The van der Waals surface area contributed by atoms with Crippen LogP contribution in [0.1, 0.15) is 59.6 Å². The van der Waals surface area contributed by atoms with Crippen molar-refractivity contribution in [3.05, 3.63) is 11.8 Å². The molecule has 0 aliphatic heterocycles. The van der Waals surface area contributed by atoms with Crippen molar-refractivity contribution in [2.24, 2.45) is 13.0 Å². The summed E-state index contributed by atoms with van der Waals surface area (Å²) in [6, 6.07) is 1.80. The van der Waals surface area contributed by atoms with E-state index in [1.54, 1.807) is 17.8 Å². The topological polar surface area (TPSA) is 81.1 Å².